The summed E-state index contributed by atoms with van der Waals surface area (Å²) in [6.45, 7) is 9.48. The first-order chi connectivity index (χ1) is 6.68. The minimum Gasteiger partial charge on any atom is -0.390 e. The highest BCUT2D eigenvalue weighted by Gasteiger charge is 2.14. The van der Waals surface area contributed by atoms with Gasteiger partial charge < -0.3 is 10.4 Å². The van der Waals surface area contributed by atoms with Gasteiger partial charge in [0.15, 0.2) is 0 Å². The van der Waals surface area contributed by atoms with Crippen LogP contribution < -0.4 is 10.6 Å². The molecule has 1 fully saturated rings. The Kier molecular flexibility index (Phi) is 5.40. The number of nitrogens with zero attached hydrogens (tertiary/aromatic N) is 2. The van der Waals surface area contributed by atoms with E-state index in [9.17, 15) is 5.11 Å². The van der Waals surface area contributed by atoms with Gasteiger partial charge in [-0.3, -0.25) is 4.90 Å². The average Bonchev–Trinajstić information content (AvgIpc) is 2.16. The van der Waals surface area contributed by atoms with E-state index < -0.39 is 0 Å². The Morgan fingerprint density at radius 2 is 2.00 bits per heavy atom. The van der Waals surface area contributed by atoms with Crippen LogP contribution >= 0.6 is 0 Å². The Morgan fingerprint density at radius 3 is 2.57 bits per heavy atom. The topological polar surface area (TPSA) is 49.6 Å². The van der Waals surface area contributed by atoms with Gasteiger partial charge in [-0.15, -0.1) is 0 Å². The molecule has 4 nitrogen and oxygen atoms in total. The molecule has 4 heteroatoms. The van der Waals surface area contributed by atoms with Crippen molar-refractivity contribution < 1.29 is 5.11 Å². The zero-order valence-corrected chi connectivity index (χ0v) is 9.24. The summed E-state index contributed by atoms with van der Waals surface area (Å²) in [5.74, 6) is 0. The molecule has 1 aliphatic heterocycles. The summed E-state index contributed by atoms with van der Waals surface area (Å²) in [6.07, 6.45) is -0.254. The van der Waals surface area contributed by atoms with Crippen LogP contribution in [-0.2, 0) is 0 Å². The van der Waals surface area contributed by atoms with Gasteiger partial charge >= 0.3 is 0 Å². The first kappa shape index (κ1) is 11.9. The summed E-state index contributed by atoms with van der Waals surface area (Å²) in [5.41, 5.74) is 0. The molecule has 1 saturated heterocycles. The van der Waals surface area contributed by atoms with Gasteiger partial charge in [0.05, 0.1) is 6.10 Å². The van der Waals surface area contributed by atoms with Gasteiger partial charge in [-0.1, -0.05) is 13.8 Å². The molecule has 0 aromatic carbocycles. The van der Waals surface area contributed by atoms with Crippen molar-refractivity contribution in [2.75, 3.05) is 39.3 Å². The lowest BCUT2D eigenvalue weighted by atomic mass is 10.2. The van der Waals surface area contributed by atoms with E-state index in [1.807, 2.05) is 0 Å². The number of piperazine rings is 1. The minimum absolute atomic E-state index is 0.254. The number of aliphatic hydroxyl groups excluding tert-OH is 1. The lowest BCUT2D eigenvalue weighted by Gasteiger charge is -2.28. The van der Waals surface area contributed by atoms with Crippen molar-refractivity contribution in [1.82, 2.24) is 15.5 Å². The first-order valence-corrected chi connectivity index (χ1v) is 5.45. The third-order valence-electron chi connectivity index (χ3n) is 2.38. The molecule has 1 aliphatic rings. The van der Waals surface area contributed by atoms with Crippen LogP contribution in [0.1, 0.15) is 13.8 Å². The van der Waals surface area contributed by atoms with E-state index >= 15 is 0 Å². The lowest BCUT2D eigenvalue weighted by Crippen LogP contribution is -2.46. The van der Waals surface area contributed by atoms with Crippen LogP contribution in [0.3, 0.4) is 0 Å². The molecule has 14 heavy (non-hydrogen) atoms. The van der Waals surface area contributed by atoms with Gasteiger partial charge in [0, 0.05) is 45.3 Å². The zero-order valence-electron chi connectivity index (χ0n) is 9.24. The van der Waals surface area contributed by atoms with E-state index in [-0.39, 0.29) is 6.10 Å². The molecule has 0 bridgehead atoms. The molecule has 0 aromatic heterocycles. The second-order valence-corrected chi connectivity index (χ2v) is 4.19. The summed E-state index contributed by atoms with van der Waals surface area (Å²) < 4.78 is 0. The van der Waals surface area contributed by atoms with Gasteiger partial charge in [-0.25, -0.2) is 5.32 Å². The fourth-order valence-corrected chi connectivity index (χ4v) is 1.56. The number of nitrogens with one attached hydrogen (secondary N) is 1. The molecule has 0 spiro atoms. The van der Waals surface area contributed by atoms with Crippen LogP contribution in [0.4, 0.5) is 0 Å². The van der Waals surface area contributed by atoms with E-state index in [0.29, 0.717) is 12.6 Å². The van der Waals surface area contributed by atoms with Crippen molar-refractivity contribution in [2.45, 2.75) is 26.0 Å². The summed E-state index contributed by atoms with van der Waals surface area (Å²) in [4.78, 5) is 2.28. The third-order valence-corrected chi connectivity index (χ3v) is 2.38. The molecular weight excluding hydrogens is 178 g/mol. The van der Waals surface area contributed by atoms with E-state index in [0.717, 1.165) is 32.7 Å². The molecule has 1 atom stereocenters. The van der Waals surface area contributed by atoms with E-state index in [2.05, 4.69) is 29.4 Å². The van der Waals surface area contributed by atoms with Crippen LogP contribution in [0.15, 0.2) is 0 Å². The Labute approximate surface area is 86.7 Å². The summed E-state index contributed by atoms with van der Waals surface area (Å²) in [5, 5.41) is 17.2. The van der Waals surface area contributed by atoms with E-state index in [1.54, 1.807) is 0 Å². The normalized spacial score (nSPS) is 21.4. The van der Waals surface area contributed by atoms with Gasteiger partial charge in [0.1, 0.15) is 0 Å². The van der Waals surface area contributed by atoms with Crippen molar-refractivity contribution in [3.05, 3.63) is 0 Å². The van der Waals surface area contributed by atoms with Crippen LogP contribution in [0.2, 0.25) is 0 Å². The molecule has 0 aliphatic carbocycles. The Balaban J connectivity index is 2.09. The number of hydrogen-bond acceptors (Lipinski definition) is 3. The molecule has 0 amide bonds. The number of hydrogen-bond donors (Lipinski definition) is 2. The molecule has 0 saturated carbocycles. The lowest BCUT2D eigenvalue weighted by molar-refractivity contribution is 0.102. The van der Waals surface area contributed by atoms with Gasteiger partial charge in [0.25, 0.3) is 0 Å². The van der Waals surface area contributed by atoms with Crippen molar-refractivity contribution in [3.63, 3.8) is 0 Å². The van der Waals surface area contributed by atoms with Crippen molar-refractivity contribution in [2.24, 2.45) is 0 Å². The maximum absolute atomic E-state index is 9.72. The molecule has 2 N–H and O–H groups in total. The number of aliphatic hydroxyl groups is 1. The van der Waals surface area contributed by atoms with Crippen LogP contribution in [0, 0.1) is 0 Å². The Morgan fingerprint density at radius 1 is 1.36 bits per heavy atom. The molecule has 1 rings (SSSR count). The van der Waals surface area contributed by atoms with Gasteiger partial charge in [-0.2, -0.15) is 0 Å². The van der Waals surface area contributed by atoms with Gasteiger partial charge in [0.2, 0.25) is 0 Å². The molecular formula is C10H22N3O. The highest BCUT2D eigenvalue weighted by molar-refractivity contribution is 4.72. The summed E-state index contributed by atoms with van der Waals surface area (Å²) >= 11 is 0. The standard InChI is InChI=1S/C10H22N3O/c1-9(2)12-7-10(14)8-13-5-3-11-4-6-13/h9-10,12,14H,3-8H2,1-2H3. The zero-order chi connectivity index (χ0) is 10.4. The van der Waals surface area contributed by atoms with Crippen molar-refractivity contribution in [3.8, 4) is 0 Å². The second-order valence-electron chi connectivity index (χ2n) is 4.19. The molecule has 1 heterocycles. The summed E-state index contributed by atoms with van der Waals surface area (Å²) in [7, 11) is 0. The van der Waals surface area contributed by atoms with Crippen LogP contribution in [-0.4, -0.2) is 61.4 Å². The molecule has 0 aromatic rings. The predicted molar refractivity (Wildman–Crippen MR) is 57.5 cm³/mol. The van der Waals surface area contributed by atoms with E-state index in [4.69, 9.17) is 0 Å². The summed E-state index contributed by atoms with van der Waals surface area (Å²) in [6, 6.07) is 0.445. The third kappa shape index (κ3) is 4.91. The van der Waals surface area contributed by atoms with Gasteiger partial charge in [-0.05, 0) is 0 Å². The first-order valence-electron chi connectivity index (χ1n) is 5.45. The minimum atomic E-state index is -0.254. The SMILES string of the molecule is CC(C)NCC(O)CN1CC[N]CC1. The van der Waals surface area contributed by atoms with Crippen molar-refractivity contribution >= 4 is 0 Å². The quantitative estimate of drug-likeness (QED) is 0.615. The van der Waals surface area contributed by atoms with Crippen LogP contribution in [0.5, 0.6) is 0 Å². The highest BCUT2D eigenvalue weighted by Crippen LogP contribution is 1.95. The number of rotatable bonds is 5. The average molecular weight is 200 g/mol. The fourth-order valence-electron chi connectivity index (χ4n) is 1.56. The van der Waals surface area contributed by atoms with Crippen molar-refractivity contribution in [1.29, 1.82) is 0 Å². The Hall–Kier alpha value is -0.160. The smallest absolute Gasteiger partial charge is 0.0791 e. The van der Waals surface area contributed by atoms with Crippen LogP contribution in [0.25, 0.3) is 0 Å². The fraction of sp³-hybridized carbons (Fsp3) is 1.00. The molecule has 1 unspecified atom stereocenters. The maximum Gasteiger partial charge on any atom is 0.0791 e. The van der Waals surface area contributed by atoms with E-state index in [1.165, 1.54) is 0 Å². The predicted octanol–water partition coefficient (Wildman–Crippen LogP) is -0.735. The largest absolute Gasteiger partial charge is 0.390 e. The monoisotopic (exact) mass is 200 g/mol. The molecule has 1 radical (unpaired) electrons. The Bertz CT molecular complexity index is 146. The second kappa shape index (κ2) is 6.35. The molecule has 83 valence electrons. The number of β-amino-alcohol motifs (C(OH)–C–C–N with tert-alkyl or cyclic N) is 1. The highest BCUT2D eigenvalue weighted by atomic mass is 16.3. The maximum atomic E-state index is 9.72.